The molecule has 1 aliphatic rings. The van der Waals surface area contributed by atoms with Crippen molar-refractivity contribution in [2.24, 2.45) is 5.92 Å². The van der Waals surface area contributed by atoms with Crippen LogP contribution in [0.25, 0.3) is 0 Å². The predicted octanol–water partition coefficient (Wildman–Crippen LogP) is 3.91. The van der Waals surface area contributed by atoms with Crippen molar-refractivity contribution in [3.63, 3.8) is 0 Å². The largest absolute Gasteiger partial charge is 0.381 e. The highest BCUT2D eigenvalue weighted by Gasteiger charge is 2.29. The molecule has 3 rings (SSSR count). The van der Waals surface area contributed by atoms with E-state index >= 15 is 0 Å². The normalized spacial score (nSPS) is 17.2. The van der Waals surface area contributed by atoms with Gasteiger partial charge in [-0.2, -0.15) is 4.98 Å². The average Bonchev–Trinajstić information content (AvgIpc) is 2.97. The first-order valence-corrected chi connectivity index (χ1v) is 8.79. The molecule has 1 aliphatic heterocycles. The smallest absolute Gasteiger partial charge is 0.244 e. The van der Waals surface area contributed by atoms with Crippen molar-refractivity contribution in [3.8, 4) is 0 Å². The van der Waals surface area contributed by atoms with Gasteiger partial charge in [0.2, 0.25) is 5.89 Å². The quantitative estimate of drug-likeness (QED) is 0.886. The Kier molecular flexibility index (Phi) is 5.54. The SMILES string of the molecule is Cc1noc(C(NCc2c(C)cc(Cl)cc2C)C2CCOCC2)n1. The van der Waals surface area contributed by atoms with Crippen LogP contribution in [0.4, 0.5) is 0 Å². The van der Waals surface area contributed by atoms with Crippen molar-refractivity contribution in [1.29, 1.82) is 0 Å². The molecule has 1 fully saturated rings. The summed E-state index contributed by atoms with van der Waals surface area (Å²) in [6.07, 6.45) is 2.00. The molecular weight excluding hydrogens is 326 g/mol. The molecule has 0 radical (unpaired) electrons. The number of ether oxygens (including phenoxy) is 1. The first-order valence-electron chi connectivity index (χ1n) is 8.41. The van der Waals surface area contributed by atoms with Crippen LogP contribution >= 0.6 is 11.6 Å². The van der Waals surface area contributed by atoms with Crippen molar-refractivity contribution >= 4 is 11.6 Å². The minimum atomic E-state index is 0.0459. The van der Waals surface area contributed by atoms with E-state index in [0.717, 1.165) is 37.6 Å². The molecule has 0 bridgehead atoms. The minimum Gasteiger partial charge on any atom is -0.381 e. The van der Waals surface area contributed by atoms with E-state index < -0.39 is 0 Å². The highest BCUT2D eigenvalue weighted by molar-refractivity contribution is 6.30. The lowest BCUT2D eigenvalue weighted by Gasteiger charge is -2.29. The molecule has 2 aromatic rings. The molecule has 6 heteroatoms. The van der Waals surface area contributed by atoms with Gasteiger partial charge in [-0.25, -0.2) is 0 Å². The summed E-state index contributed by atoms with van der Waals surface area (Å²) in [5.41, 5.74) is 3.66. The Hall–Kier alpha value is -1.43. The Morgan fingerprint density at radius 3 is 2.46 bits per heavy atom. The number of aromatic nitrogens is 2. The van der Waals surface area contributed by atoms with E-state index in [1.807, 2.05) is 19.1 Å². The number of halogens is 1. The van der Waals surface area contributed by atoms with Gasteiger partial charge in [0, 0.05) is 24.8 Å². The number of rotatable bonds is 5. The molecule has 0 saturated carbocycles. The summed E-state index contributed by atoms with van der Waals surface area (Å²) in [7, 11) is 0. The Morgan fingerprint density at radius 1 is 1.21 bits per heavy atom. The Labute approximate surface area is 147 Å². The monoisotopic (exact) mass is 349 g/mol. The lowest BCUT2D eigenvalue weighted by atomic mass is 9.91. The molecule has 0 aliphatic carbocycles. The van der Waals surface area contributed by atoms with Crippen LogP contribution in [0.15, 0.2) is 16.7 Å². The summed E-state index contributed by atoms with van der Waals surface area (Å²) in [5, 5.41) is 8.38. The molecule has 1 unspecified atom stereocenters. The molecule has 1 atom stereocenters. The van der Waals surface area contributed by atoms with Crippen LogP contribution in [-0.2, 0) is 11.3 Å². The zero-order valence-electron chi connectivity index (χ0n) is 14.4. The molecule has 1 N–H and O–H groups in total. The van der Waals surface area contributed by atoms with Gasteiger partial charge in [0.15, 0.2) is 5.82 Å². The number of nitrogens with one attached hydrogen (secondary N) is 1. The lowest BCUT2D eigenvalue weighted by Crippen LogP contribution is -2.32. The van der Waals surface area contributed by atoms with Gasteiger partial charge in [-0.1, -0.05) is 16.8 Å². The maximum atomic E-state index is 6.14. The van der Waals surface area contributed by atoms with Crippen LogP contribution in [0, 0.1) is 26.7 Å². The average molecular weight is 350 g/mol. The molecule has 0 amide bonds. The number of benzene rings is 1. The van der Waals surface area contributed by atoms with Gasteiger partial charge >= 0.3 is 0 Å². The molecule has 2 heterocycles. The van der Waals surface area contributed by atoms with Gasteiger partial charge in [0.1, 0.15) is 0 Å². The van der Waals surface area contributed by atoms with Crippen molar-refractivity contribution in [1.82, 2.24) is 15.5 Å². The third-order valence-corrected chi connectivity index (χ3v) is 4.92. The second kappa shape index (κ2) is 7.64. The van der Waals surface area contributed by atoms with Crippen molar-refractivity contribution in [2.45, 2.75) is 46.2 Å². The second-order valence-corrected chi connectivity index (χ2v) is 6.94. The molecule has 5 nitrogen and oxygen atoms in total. The number of hydrogen-bond donors (Lipinski definition) is 1. The fourth-order valence-corrected chi connectivity index (χ4v) is 3.70. The Balaban J connectivity index is 1.79. The third kappa shape index (κ3) is 3.97. The summed E-state index contributed by atoms with van der Waals surface area (Å²) in [4.78, 5) is 4.46. The fraction of sp³-hybridized carbons (Fsp3) is 0.556. The number of nitrogens with zero attached hydrogens (tertiary/aromatic N) is 2. The van der Waals surface area contributed by atoms with Gasteiger partial charge in [0.05, 0.1) is 6.04 Å². The van der Waals surface area contributed by atoms with Crippen LogP contribution in [-0.4, -0.2) is 23.4 Å². The van der Waals surface area contributed by atoms with Crippen LogP contribution in [0.3, 0.4) is 0 Å². The minimum absolute atomic E-state index is 0.0459. The maximum Gasteiger partial charge on any atom is 0.244 e. The molecule has 1 saturated heterocycles. The summed E-state index contributed by atoms with van der Waals surface area (Å²) in [6.45, 7) is 8.36. The van der Waals surface area contributed by atoms with Crippen LogP contribution in [0.1, 0.15) is 47.3 Å². The number of hydrogen-bond acceptors (Lipinski definition) is 5. The summed E-state index contributed by atoms with van der Waals surface area (Å²) in [6, 6.07) is 4.06. The summed E-state index contributed by atoms with van der Waals surface area (Å²) in [5.74, 6) is 1.78. The van der Waals surface area contributed by atoms with E-state index in [1.54, 1.807) is 0 Å². The first-order chi connectivity index (χ1) is 11.5. The Bertz CT molecular complexity index is 672. The van der Waals surface area contributed by atoms with E-state index in [4.69, 9.17) is 20.9 Å². The molecule has 130 valence electrons. The van der Waals surface area contributed by atoms with Gasteiger partial charge in [-0.05, 0) is 68.4 Å². The van der Waals surface area contributed by atoms with Crippen molar-refractivity contribution in [2.75, 3.05) is 13.2 Å². The van der Waals surface area contributed by atoms with Crippen LogP contribution in [0.2, 0.25) is 5.02 Å². The summed E-state index contributed by atoms with van der Waals surface area (Å²) < 4.78 is 11.0. The van der Waals surface area contributed by atoms with Gasteiger partial charge in [-0.3, -0.25) is 0 Å². The van der Waals surface area contributed by atoms with Crippen molar-refractivity contribution < 1.29 is 9.26 Å². The maximum absolute atomic E-state index is 6.14. The van der Waals surface area contributed by atoms with Crippen molar-refractivity contribution in [3.05, 3.63) is 45.6 Å². The molecular formula is C18H24ClN3O2. The first kappa shape index (κ1) is 17.4. The highest BCUT2D eigenvalue weighted by Crippen LogP contribution is 2.30. The van der Waals surface area contributed by atoms with E-state index in [1.165, 1.54) is 16.7 Å². The lowest BCUT2D eigenvalue weighted by molar-refractivity contribution is 0.0485. The van der Waals surface area contributed by atoms with E-state index in [0.29, 0.717) is 17.6 Å². The predicted molar refractivity (Wildman–Crippen MR) is 93.1 cm³/mol. The Morgan fingerprint density at radius 2 is 1.88 bits per heavy atom. The zero-order chi connectivity index (χ0) is 17.1. The van der Waals surface area contributed by atoms with Crippen LogP contribution < -0.4 is 5.32 Å². The van der Waals surface area contributed by atoms with Gasteiger partial charge in [0.25, 0.3) is 0 Å². The molecule has 24 heavy (non-hydrogen) atoms. The zero-order valence-corrected chi connectivity index (χ0v) is 15.2. The van der Waals surface area contributed by atoms with Crippen LogP contribution in [0.5, 0.6) is 0 Å². The molecule has 1 aromatic heterocycles. The number of aryl methyl sites for hydroxylation is 3. The van der Waals surface area contributed by atoms with E-state index in [-0.39, 0.29) is 6.04 Å². The topological polar surface area (TPSA) is 60.2 Å². The van der Waals surface area contributed by atoms with E-state index in [9.17, 15) is 0 Å². The van der Waals surface area contributed by atoms with Gasteiger partial charge in [-0.15, -0.1) is 0 Å². The molecule has 0 spiro atoms. The molecule has 1 aromatic carbocycles. The highest BCUT2D eigenvalue weighted by atomic mass is 35.5. The van der Waals surface area contributed by atoms with E-state index in [2.05, 4.69) is 29.3 Å². The second-order valence-electron chi connectivity index (χ2n) is 6.51. The standard InChI is InChI=1S/C18H24ClN3O2/c1-11-8-15(19)9-12(2)16(11)10-20-17(14-4-6-23-7-5-14)18-21-13(3)22-24-18/h8-9,14,17,20H,4-7,10H2,1-3H3. The summed E-state index contributed by atoms with van der Waals surface area (Å²) >= 11 is 6.14. The van der Waals surface area contributed by atoms with Gasteiger partial charge < -0.3 is 14.6 Å². The third-order valence-electron chi connectivity index (χ3n) is 4.71. The fourth-order valence-electron chi connectivity index (χ4n) is 3.38.